The summed E-state index contributed by atoms with van der Waals surface area (Å²) in [6, 6.07) is 4.53. The van der Waals surface area contributed by atoms with E-state index in [1.165, 1.54) is 36.7 Å². The van der Waals surface area contributed by atoms with E-state index in [1.807, 2.05) is 0 Å². The number of ether oxygens (including phenoxy) is 2. The molecule has 0 spiro atoms. The standard InChI is InChI=1S/C13H20N2O6S2/c1-20-7-9-22(16,17)14-11-4-5-13(21-2)12(10-11)15-6-3-8-23(15,18)19/h4-5,10,14H,3,6-9H2,1-2H3. The van der Waals surface area contributed by atoms with Crippen molar-refractivity contribution in [3.63, 3.8) is 0 Å². The average Bonchev–Trinajstić information content (AvgIpc) is 2.84. The summed E-state index contributed by atoms with van der Waals surface area (Å²) in [5.74, 6) is 0.252. The Morgan fingerprint density at radius 2 is 2.04 bits per heavy atom. The molecule has 23 heavy (non-hydrogen) atoms. The third-order valence-corrected chi connectivity index (χ3v) is 6.48. The molecule has 1 fully saturated rings. The average molecular weight is 364 g/mol. The highest BCUT2D eigenvalue weighted by molar-refractivity contribution is 7.93. The summed E-state index contributed by atoms with van der Waals surface area (Å²) < 4.78 is 61.6. The second kappa shape index (κ2) is 6.93. The van der Waals surface area contributed by atoms with Crippen molar-refractivity contribution < 1.29 is 26.3 Å². The third kappa shape index (κ3) is 4.27. The SMILES string of the molecule is COCCS(=O)(=O)Nc1ccc(OC)c(N2CCCS2(=O)=O)c1. The zero-order valence-electron chi connectivity index (χ0n) is 13.0. The number of methoxy groups -OCH3 is 2. The Bertz CT molecular complexity index is 761. The van der Waals surface area contributed by atoms with Crippen LogP contribution >= 0.6 is 0 Å². The van der Waals surface area contributed by atoms with Crippen LogP contribution in [0.15, 0.2) is 18.2 Å². The molecule has 0 bridgehead atoms. The van der Waals surface area contributed by atoms with E-state index in [0.29, 0.717) is 24.4 Å². The Balaban J connectivity index is 2.33. The van der Waals surface area contributed by atoms with Gasteiger partial charge in [-0.2, -0.15) is 0 Å². The molecular formula is C13H20N2O6S2. The lowest BCUT2D eigenvalue weighted by atomic mass is 10.2. The minimum atomic E-state index is -3.57. The summed E-state index contributed by atoms with van der Waals surface area (Å²) in [6.45, 7) is 0.414. The van der Waals surface area contributed by atoms with Crippen molar-refractivity contribution in [1.82, 2.24) is 0 Å². The number of rotatable bonds is 7. The predicted octanol–water partition coefficient (Wildman–Crippen LogP) is 0.623. The van der Waals surface area contributed by atoms with Gasteiger partial charge >= 0.3 is 0 Å². The zero-order chi connectivity index (χ0) is 17.1. The molecule has 1 aromatic rings. The van der Waals surface area contributed by atoms with Gasteiger partial charge in [-0.1, -0.05) is 0 Å². The van der Waals surface area contributed by atoms with Gasteiger partial charge in [0.25, 0.3) is 0 Å². The minimum absolute atomic E-state index is 0.0683. The summed E-state index contributed by atoms with van der Waals surface area (Å²) in [5.41, 5.74) is 0.607. The molecule has 2 rings (SSSR count). The quantitative estimate of drug-likeness (QED) is 0.761. The van der Waals surface area contributed by atoms with Crippen LogP contribution in [0.2, 0.25) is 0 Å². The number of nitrogens with one attached hydrogen (secondary N) is 1. The van der Waals surface area contributed by atoms with E-state index < -0.39 is 20.0 Å². The molecule has 8 nitrogen and oxygen atoms in total. The van der Waals surface area contributed by atoms with Crippen LogP contribution in [0.4, 0.5) is 11.4 Å². The van der Waals surface area contributed by atoms with Gasteiger partial charge in [0.15, 0.2) is 0 Å². The summed E-state index contributed by atoms with van der Waals surface area (Å²) >= 11 is 0. The summed E-state index contributed by atoms with van der Waals surface area (Å²) in [7, 11) is -4.11. The topological polar surface area (TPSA) is 102 Å². The fourth-order valence-electron chi connectivity index (χ4n) is 2.28. The van der Waals surface area contributed by atoms with Gasteiger partial charge in [-0.3, -0.25) is 9.03 Å². The molecule has 10 heteroatoms. The maximum Gasteiger partial charge on any atom is 0.235 e. The molecule has 130 valence electrons. The molecule has 0 saturated carbocycles. The van der Waals surface area contributed by atoms with Crippen LogP contribution in [0.3, 0.4) is 0 Å². The van der Waals surface area contributed by atoms with Gasteiger partial charge in [-0.25, -0.2) is 16.8 Å². The number of hydrogen-bond acceptors (Lipinski definition) is 6. The van der Waals surface area contributed by atoms with Crippen LogP contribution in [-0.2, 0) is 24.8 Å². The number of hydrogen-bond donors (Lipinski definition) is 1. The largest absolute Gasteiger partial charge is 0.495 e. The Hall–Kier alpha value is -1.52. The second-order valence-corrected chi connectivity index (χ2v) is 8.90. The monoisotopic (exact) mass is 364 g/mol. The molecule has 0 amide bonds. The Morgan fingerprint density at radius 3 is 2.61 bits per heavy atom. The molecular weight excluding hydrogens is 344 g/mol. The Morgan fingerprint density at radius 1 is 1.30 bits per heavy atom. The molecule has 1 saturated heterocycles. The molecule has 0 radical (unpaired) electrons. The van der Waals surface area contributed by atoms with E-state index in [4.69, 9.17) is 9.47 Å². The van der Waals surface area contributed by atoms with Crippen molar-refractivity contribution in [2.45, 2.75) is 6.42 Å². The van der Waals surface area contributed by atoms with Crippen molar-refractivity contribution in [1.29, 1.82) is 0 Å². The van der Waals surface area contributed by atoms with Crippen molar-refractivity contribution >= 4 is 31.4 Å². The molecule has 1 heterocycles. The smallest absolute Gasteiger partial charge is 0.235 e. The Kier molecular flexibility index (Phi) is 5.37. The van der Waals surface area contributed by atoms with Gasteiger partial charge in [-0.05, 0) is 24.6 Å². The molecule has 1 N–H and O–H groups in total. The molecule has 1 aliphatic rings. The summed E-state index contributed by atoms with van der Waals surface area (Å²) in [4.78, 5) is 0. The minimum Gasteiger partial charge on any atom is -0.495 e. The van der Waals surface area contributed by atoms with E-state index in [9.17, 15) is 16.8 Å². The van der Waals surface area contributed by atoms with Gasteiger partial charge in [0, 0.05) is 13.7 Å². The molecule has 0 unspecified atom stereocenters. The third-order valence-electron chi connectivity index (χ3n) is 3.38. The lowest BCUT2D eigenvalue weighted by molar-refractivity contribution is 0.217. The highest BCUT2D eigenvalue weighted by atomic mass is 32.2. The van der Waals surface area contributed by atoms with Gasteiger partial charge in [0.05, 0.1) is 36.6 Å². The molecule has 1 aliphatic heterocycles. The fraction of sp³-hybridized carbons (Fsp3) is 0.538. The van der Waals surface area contributed by atoms with Crippen LogP contribution in [-0.4, -0.2) is 55.7 Å². The van der Waals surface area contributed by atoms with Crippen LogP contribution in [0.25, 0.3) is 0 Å². The first-order valence-corrected chi connectivity index (χ1v) is 10.2. The first kappa shape index (κ1) is 17.8. The molecule has 0 aliphatic carbocycles. The van der Waals surface area contributed by atoms with Crippen LogP contribution in [0.5, 0.6) is 5.75 Å². The van der Waals surface area contributed by atoms with Crippen LogP contribution < -0.4 is 13.8 Å². The lowest BCUT2D eigenvalue weighted by Gasteiger charge is -2.21. The summed E-state index contributed by atoms with van der Waals surface area (Å²) in [6.07, 6.45) is 0.523. The van der Waals surface area contributed by atoms with Crippen molar-refractivity contribution in [3.05, 3.63) is 18.2 Å². The van der Waals surface area contributed by atoms with Crippen molar-refractivity contribution in [3.8, 4) is 5.75 Å². The van der Waals surface area contributed by atoms with Gasteiger partial charge in [0.1, 0.15) is 5.75 Å². The number of nitrogens with zero attached hydrogens (tertiary/aromatic N) is 1. The molecule has 0 atom stereocenters. The van der Waals surface area contributed by atoms with E-state index in [0.717, 1.165) is 0 Å². The highest BCUT2D eigenvalue weighted by Gasteiger charge is 2.30. The zero-order valence-corrected chi connectivity index (χ0v) is 14.6. The lowest BCUT2D eigenvalue weighted by Crippen LogP contribution is -2.26. The van der Waals surface area contributed by atoms with Crippen LogP contribution in [0, 0.1) is 0 Å². The van der Waals surface area contributed by atoms with Gasteiger partial charge < -0.3 is 9.47 Å². The second-order valence-electron chi connectivity index (χ2n) is 5.04. The first-order chi connectivity index (χ1) is 10.8. The Labute approximate surface area is 136 Å². The van der Waals surface area contributed by atoms with E-state index >= 15 is 0 Å². The number of benzene rings is 1. The molecule has 1 aromatic carbocycles. The maximum absolute atomic E-state index is 12.1. The van der Waals surface area contributed by atoms with Crippen molar-refractivity contribution in [2.75, 3.05) is 47.9 Å². The predicted molar refractivity (Wildman–Crippen MR) is 88.0 cm³/mol. The number of anilines is 2. The molecule has 0 aromatic heterocycles. The maximum atomic E-state index is 12.1. The fourth-order valence-corrected chi connectivity index (χ4v) is 4.82. The van der Waals surface area contributed by atoms with E-state index in [-0.39, 0.29) is 23.8 Å². The normalized spacial score (nSPS) is 17.2. The van der Waals surface area contributed by atoms with Gasteiger partial charge in [-0.15, -0.1) is 0 Å². The number of sulfonamides is 2. The van der Waals surface area contributed by atoms with E-state index in [2.05, 4.69) is 4.72 Å². The first-order valence-electron chi connectivity index (χ1n) is 6.97. The van der Waals surface area contributed by atoms with Crippen LogP contribution in [0.1, 0.15) is 6.42 Å². The van der Waals surface area contributed by atoms with Gasteiger partial charge in [0.2, 0.25) is 20.0 Å². The van der Waals surface area contributed by atoms with E-state index in [1.54, 1.807) is 0 Å². The highest BCUT2D eigenvalue weighted by Crippen LogP contribution is 2.35. The summed E-state index contributed by atoms with van der Waals surface area (Å²) in [5, 5.41) is 0. The van der Waals surface area contributed by atoms with Crippen molar-refractivity contribution in [2.24, 2.45) is 0 Å².